The Labute approximate surface area is 137 Å². The van der Waals surface area contributed by atoms with Gasteiger partial charge in [0, 0.05) is 5.56 Å². The van der Waals surface area contributed by atoms with Crippen molar-refractivity contribution in [3.05, 3.63) is 73.3 Å². The van der Waals surface area contributed by atoms with Crippen molar-refractivity contribution in [2.45, 2.75) is 0 Å². The standard InChI is InChI=1S/C19H12N4O/c1-2-7-14-13(5-1)6-3-8-15(14)16-11-17(18-9-4-10-24-18)23-12-20-22-19(23)21-16/h1-12H. The van der Waals surface area contributed by atoms with Crippen molar-refractivity contribution in [2.75, 3.05) is 0 Å². The number of rotatable bonds is 2. The molecule has 0 saturated heterocycles. The van der Waals surface area contributed by atoms with Gasteiger partial charge in [0.25, 0.3) is 5.78 Å². The zero-order valence-corrected chi connectivity index (χ0v) is 12.6. The van der Waals surface area contributed by atoms with Crippen LogP contribution in [0.5, 0.6) is 0 Å². The lowest BCUT2D eigenvalue weighted by Gasteiger charge is -2.09. The maximum absolute atomic E-state index is 5.57. The molecule has 24 heavy (non-hydrogen) atoms. The number of hydrogen-bond donors (Lipinski definition) is 0. The lowest BCUT2D eigenvalue weighted by Crippen LogP contribution is -1.96. The molecule has 114 valence electrons. The van der Waals surface area contributed by atoms with Gasteiger partial charge in [0.05, 0.1) is 17.7 Å². The third-order valence-electron chi connectivity index (χ3n) is 4.12. The fourth-order valence-electron chi connectivity index (χ4n) is 3.02. The number of nitrogens with zero attached hydrogens (tertiary/aromatic N) is 4. The number of furan rings is 1. The molecule has 0 aliphatic carbocycles. The van der Waals surface area contributed by atoms with Crippen LogP contribution in [0.25, 0.3) is 39.3 Å². The summed E-state index contributed by atoms with van der Waals surface area (Å²) in [4.78, 5) is 4.67. The van der Waals surface area contributed by atoms with Crippen LogP contribution in [-0.2, 0) is 0 Å². The van der Waals surface area contributed by atoms with Crippen LogP contribution in [0.1, 0.15) is 0 Å². The molecule has 5 heteroatoms. The minimum atomic E-state index is 0.548. The molecule has 0 bridgehead atoms. The van der Waals surface area contributed by atoms with Gasteiger partial charge in [-0.1, -0.05) is 42.5 Å². The highest BCUT2D eigenvalue weighted by molar-refractivity contribution is 5.96. The van der Waals surface area contributed by atoms with E-state index < -0.39 is 0 Å². The van der Waals surface area contributed by atoms with E-state index in [-0.39, 0.29) is 0 Å². The maximum Gasteiger partial charge on any atom is 0.255 e. The Bertz CT molecular complexity index is 1150. The fraction of sp³-hybridized carbons (Fsp3) is 0. The van der Waals surface area contributed by atoms with Gasteiger partial charge in [-0.05, 0) is 29.0 Å². The van der Waals surface area contributed by atoms with Gasteiger partial charge in [-0.2, -0.15) is 0 Å². The molecule has 5 aromatic rings. The van der Waals surface area contributed by atoms with Gasteiger partial charge < -0.3 is 4.42 Å². The van der Waals surface area contributed by atoms with Gasteiger partial charge in [0.15, 0.2) is 5.76 Å². The molecule has 0 amide bonds. The summed E-state index contributed by atoms with van der Waals surface area (Å²) in [6.07, 6.45) is 3.30. The zero-order chi connectivity index (χ0) is 15.9. The molecule has 0 N–H and O–H groups in total. The van der Waals surface area contributed by atoms with E-state index in [0.717, 1.165) is 28.1 Å². The third kappa shape index (κ3) is 1.91. The smallest absolute Gasteiger partial charge is 0.255 e. The summed E-state index contributed by atoms with van der Waals surface area (Å²) in [5.74, 6) is 1.30. The van der Waals surface area contributed by atoms with Gasteiger partial charge in [-0.15, -0.1) is 10.2 Å². The first-order valence-corrected chi connectivity index (χ1v) is 7.63. The van der Waals surface area contributed by atoms with Crippen molar-refractivity contribution >= 4 is 16.6 Å². The molecule has 0 atom stereocenters. The van der Waals surface area contributed by atoms with Crippen LogP contribution < -0.4 is 0 Å². The Hall–Kier alpha value is -3.47. The first-order valence-electron chi connectivity index (χ1n) is 7.63. The Kier molecular flexibility index (Phi) is 2.72. The Morgan fingerprint density at radius 1 is 0.917 bits per heavy atom. The van der Waals surface area contributed by atoms with E-state index in [9.17, 15) is 0 Å². The van der Waals surface area contributed by atoms with Crippen molar-refractivity contribution in [1.82, 2.24) is 19.6 Å². The molecule has 0 radical (unpaired) electrons. The second kappa shape index (κ2) is 5.03. The van der Waals surface area contributed by atoms with Crippen LogP contribution in [0, 0.1) is 0 Å². The van der Waals surface area contributed by atoms with Gasteiger partial charge in [0.2, 0.25) is 0 Å². The third-order valence-corrected chi connectivity index (χ3v) is 4.12. The lowest BCUT2D eigenvalue weighted by molar-refractivity contribution is 0.579. The lowest BCUT2D eigenvalue weighted by atomic mass is 10.0. The van der Waals surface area contributed by atoms with E-state index in [1.54, 1.807) is 12.6 Å². The monoisotopic (exact) mass is 312 g/mol. The second-order valence-electron chi connectivity index (χ2n) is 5.53. The highest BCUT2D eigenvalue weighted by Crippen LogP contribution is 2.30. The Morgan fingerprint density at radius 3 is 2.75 bits per heavy atom. The number of fused-ring (bicyclic) bond motifs is 2. The van der Waals surface area contributed by atoms with E-state index in [1.165, 1.54) is 5.39 Å². The maximum atomic E-state index is 5.57. The van der Waals surface area contributed by atoms with E-state index >= 15 is 0 Å². The molecule has 0 spiro atoms. The predicted octanol–water partition coefficient (Wildman–Crippen LogP) is 4.20. The average Bonchev–Trinajstić information content (AvgIpc) is 3.32. The predicted molar refractivity (Wildman–Crippen MR) is 91.4 cm³/mol. The summed E-state index contributed by atoms with van der Waals surface area (Å²) in [5, 5.41) is 10.4. The minimum Gasteiger partial charge on any atom is -0.463 e. The zero-order valence-electron chi connectivity index (χ0n) is 12.6. The van der Waals surface area contributed by atoms with Crippen LogP contribution in [0.4, 0.5) is 0 Å². The average molecular weight is 312 g/mol. The van der Waals surface area contributed by atoms with E-state index in [4.69, 9.17) is 4.42 Å². The highest BCUT2D eigenvalue weighted by atomic mass is 16.3. The van der Waals surface area contributed by atoms with Gasteiger partial charge >= 0.3 is 0 Å². The van der Waals surface area contributed by atoms with E-state index in [1.807, 2.05) is 40.8 Å². The van der Waals surface area contributed by atoms with E-state index in [0.29, 0.717) is 5.78 Å². The van der Waals surface area contributed by atoms with Crippen LogP contribution in [-0.4, -0.2) is 19.6 Å². The van der Waals surface area contributed by atoms with Crippen molar-refractivity contribution < 1.29 is 4.42 Å². The van der Waals surface area contributed by atoms with Gasteiger partial charge in [-0.25, -0.2) is 4.98 Å². The summed E-state index contributed by atoms with van der Waals surface area (Å²) in [5.41, 5.74) is 2.78. The molecular formula is C19H12N4O. The van der Waals surface area contributed by atoms with Crippen LogP contribution in [0.3, 0.4) is 0 Å². The number of aromatic nitrogens is 4. The van der Waals surface area contributed by atoms with Crippen molar-refractivity contribution in [2.24, 2.45) is 0 Å². The van der Waals surface area contributed by atoms with Gasteiger partial charge in [-0.3, -0.25) is 4.40 Å². The minimum absolute atomic E-state index is 0.548. The van der Waals surface area contributed by atoms with Crippen LogP contribution in [0.15, 0.2) is 77.7 Å². The second-order valence-corrected chi connectivity index (χ2v) is 5.53. The Morgan fingerprint density at radius 2 is 1.83 bits per heavy atom. The quantitative estimate of drug-likeness (QED) is 0.490. The summed E-state index contributed by atoms with van der Waals surface area (Å²) in [7, 11) is 0. The molecule has 0 aliphatic rings. The topological polar surface area (TPSA) is 56.2 Å². The largest absolute Gasteiger partial charge is 0.463 e. The molecule has 0 saturated carbocycles. The first kappa shape index (κ1) is 13.0. The molecule has 0 fully saturated rings. The molecule has 0 unspecified atom stereocenters. The van der Waals surface area contributed by atoms with Crippen molar-refractivity contribution in [3.8, 4) is 22.7 Å². The molecular weight excluding hydrogens is 300 g/mol. The van der Waals surface area contributed by atoms with Crippen LogP contribution >= 0.6 is 0 Å². The van der Waals surface area contributed by atoms with Crippen molar-refractivity contribution in [3.63, 3.8) is 0 Å². The van der Waals surface area contributed by atoms with Crippen molar-refractivity contribution in [1.29, 1.82) is 0 Å². The fourth-order valence-corrected chi connectivity index (χ4v) is 3.02. The number of hydrogen-bond acceptors (Lipinski definition) is 4. The highest BCUT2D eigenvalue weighted by Gasteiger charge is 2.13. The molecule has 3 heterocycles. The molecule has 2 aromatic carbocycles. The summed E-state index contributed by atoms with van der Waals surface area (Å²) < 4.78 is 7.40. The molecule has 5 rings (SSSR count). The summed E-state index contributed by atoms with van der Waals surface area (Å²) in [6, 6.07) is 20.3. The number of benzene rings is 2. The normalized spacial score (nSPS) is 11.3. The first-order chi connectivity index (χ1) is 11.9. The van der Waals surface area contributed by atoms with Crippen LogP contribution in [0.2, 0.25) is 0 Å². The Balaban J connectivity index is 1.84. The molecule has 5 nitrogen and oxygen atoms in total. The SMILES string of the molecule is c1coc(-c2cc(-c3cccc4ccccc34)nc3nncn23)c1. The summed E-state index contributed by atoms with van der Waals surface area (Å²) >= 11 is 0. The van der Waals surface area contributed by atoms with Gasteiger partial charge in [0.1, 0.15) is 6.33 Å². The summed E-state index contributed by atoms with van der Waals surface area (Å²) in [6.45, 7) is 0. The molecule has 0 aliphatic heterocycles. The molecule has 3 aromatic heterocycles. The van der Waals surface area contributed by atoms with E-state index in [2.05, 4.69) is 39.4 Å².